The molecule has 4 heteroatoms. The van der Waals surface area contributed by atoms with Crippen molar-refractivity contribution in [3.63, 3.8) is 0 Å². The Labute approximate surface area is 124 Å². The molecule has 0 saturated carbocycles. The maximum atomic E-state index is 10.6. The predicted molar refractivity (Wildman–Crippen MR) is 84.9 cm³/mol. The van der Waals surface area contributed by atoms with E-state index in [1.807, 2.05) is 0 Å². The summed E-state index contributed by atoms with van der Waals surface area (Å²) >= 11 is 0. The van der Waals surface area contributed by atoms with Gasteiger partial charge in [-0.3, -0.25) is 9.69 Å². The average molecular weight is 284 g/mol. The van der Waals surface area contributed by atoms with Crippen molar-refractivity contribution in [2.24, 2.45) is 0 Å². The fourth-order valence-corrected chi connectivity index (χ4v) is 2.86. The fraction of sp³-hybridized carbons (Fsp3) is 0.353. The second kappa shape index (κ2) is 6.14. The minimum atomic E-state index is -0.716. The molecule has 0 radical (unpaired) electrons. The Morgan fingerprint density at radius 3 is 2.43 bits per heavy atom. The highest BCUT2D eigenvalue weighted by Crippen LogP contribution is 2.23. The molecule has 0 amide bonds. The monoisotopic (exact) mass is 284 g/mol. The third kappa shape index (κ3) is 3.34. The van der Waals surface area contributed by atoms with Gasteiger partial charge in [-0.15, -0.1) is 0 Å². The van der Waals surface area contributed by atoms with Crippen LogP contribution in [-0.2, 0) is 4.79 Å². The van der Waals surface area contributed by atoms with Crippen LogP contribution in [0.15, 0.2) is 42.5 Å². The molecule has 1 saturated heterocycles. The summed E-state index contributed by atoms with van der Waals surface area (Å²) in [4.78, 5) is 15.2. The Bertz CT molecular complexity index is 633. The fourth-order valence-electron chi connectivity index (χ4n) is 2.86. The number of carboxylic acid groups (broad SMARTS) is 1. The molecule has 1 N–H and O–H groups in total. The van der Waals surface area contributed by atoms with Gasteiger partial charge in [0.2, 0.25) is 0 Å². The molecule has 0 aliphatic carbocycles. The van der Waals surface area contributed by atoms with E-state index < -0.39 is 5.97 Å². The molecule has 1 aliphatic rings. The van der Waals surface area contributed by atoms with Gasteiger partial charge in [0.15, 0.2) is 0 Å². The predicted octanol–water partition coefficient (Wildman–Crippen LogP) is 2.44. The molecule has 2 aromatic rings. The first-order valence-electron chi connectivity index (χ1n) is 7.40. The lowest BCUT2D eigenvalue weighted by Crippen LogP contribution is -2.46. The standard InChI is InChI=1S/C17H20N2O2/c20-17(21)7-8-18-9-11-19(12-10-18)16-6-5-14-3-1-2-4-15(14)13-16/h1-6,13H,7-12H2,(H,20,21). The van der Waals surface area contributed by atoms with Gasteiger partial charge < -0.3 is 10.0 Å². The first-order valence-corrected chi connectivity index (χ1v) is 7.40. The largest absolute Gasteiger partial charge is 0.481 e. The van der Waals surface area contributed by atoms with Gasteiger partial charge >= 0.3 is 5.97 Å². The highest BCUT2D eigenvalue weighted by atomic mass is 16.4. The van der Waals surface area contributed by atoms with Crippen LogP contribution in [0.4, 0.5) is 5.69 Å². The third-order valence-electron chi connectivity index (χ3n) is 4.11. The van der Waals surface area contributed by atoms with Gasteiger partial charge in [-0.25, -0.2) is 0 Å². The van der Waals surface area contributed by atoms with Crippen LogP contribution in [0.3, 0.4) is 0 Å². The zero-order valence-corrected chi connectivity index (χ0v) is 12.0. The highest BCUT2D eigenvalue weighted by molar-refractivity contribution is 5.85. The van der Waals surface area contributed by atoms with Crippen molar-refractivity contribution in [1.29, 1.82) is 0 Å². The van der Waals surface area contributed by atoms with Crippen LogP contribution in [0.2, 0.25) is 0 Å². The first-order chi connectivity index (χ1) is 10.2. The number of benzene rings is 2. The van der Waals surface area contributed by atoms with Crippen molar-refractivity contribution in [1.82, 2.24) is 4.90 Å². The summed E-state index contributed by atoms with van der Waals surface area (Å²) < 4.78 is 0. The quantitative estimate of drug-likeness (QED) is 0.936. The number of fused-ring (bicyclic) bond motifs is 1. The molecular formula is C17H20N2O2. The molecule has 0 unspecified atom stereocenters. The van der Waals surface area contributed by atoms with Crippen molar-refractivity contribution in [3.8, 4) is 0 Å². The van der Waals surface area contributed by atoms with Gasteiger partial charge in [-0.2, -0.15) is 0 Å². The van der Waals surface area contributed by atoms with Gasteiger partial charge in [0.1, 0.15) is 0 Å². The zero-order valence-electron chi connectivity index (χ0n) is 12.0. The number of hydrogen-bond acceptors (Lipinski definition) is 3. The molecule has 0 bridgehead atoms. The number of carboxylic acids is 1. The van der Waals surface area contributed by atoms with Crippen LogP contribution in [0.1, 0.15) is 6.42 Å². The summed E-state index contributed by atoms with van der Waals surface area (Å²) in [6, 6.07) is 15.0. The van der Waals surface area contributed by atoms with Gasteiger partial charge in [0.05, 0.1) is 6.42 Å². The molecule has 0 aromatic heterocycles. The Morgan fingerprint density at radius 1 is 1.00 bits per heavy atom. The van der Waals surface area contributed by atoms with E-state index in [0.29, 0.717) is 6.54 Å². The molecule has 1 aliphatic heterocycles. The van der Waals surface area contributed by atoms with Crippen molar-refractivity contribution < 1.29 is 9.90 Å². The van der Waals surface area contributed by atoms with Crippen molar-refractivity contribution >= 4 is 22.4 Å². The van der Waals surface area contributed by atoms with E-state index in [1.165, 1.54) is 16.5 Å². The van der Waals surface area contributed by atoms with Crippen molar-refractivity contribution in [2.45, 2.75) is 6.42 Å². The highest BCUT2D eigenvalue weighted by Gasteiger charge is 2.17. The summed E-state index contributed by atoms with van der Waals surface area (Å²) in [5, 5.41) is 11.3. The van der Waals surface area contributed by atoms with Crippen LogP contribution in [-0.4, -0.2) is 48.7 Å². The van der Waals surface area contributed by atoms with E-state index in [2.05, 4.69) is 52.3 Å². The first kappa shape index (κ1) is 13.9. The second-order valence-electron chi connectivity index (χ2n) is 5.50. The summed E-state index contributed by atoms with van der Waals surface area (Å²) in [5.74, 6) is -0.716. The number of anilines is 1. The summed E-state index contributed by atoms with van der Waals surface area (Å²) in [6.45, 7) is 4.43. The van der Waals surface area contributed by atoms with Gasteiger partial charge in [0.25, 0.3) is 0 Å². The van der Waals surface area contributed by atoms with Gasteiger partial charge in [-0.1, -0.05) is 30.3 Å². The average Bonchev–Trinajstić information content (AvgIpc) is 2.53. The lowest BCUT2D eigenvalue weighted by molar-refractivity contribution is -0.137. The molecule has 1 heterocycles. The molecular weight excluding hydrogens is 264 g/mol. The van der Waals surface area contributed by atoms with Crippen LogP contribution < -0.4 is 4.90 Å². The molecule has 110 valence electrons. The minimum Gasteiger partial charge on any atom is -0.481 e. The third-order valence-corrected chi connectivity index (χ3v) is 4.11. The zero-order chi connectivity index (χ0) is 14.7. The SMILES string of the molecule is O=C(O)CCN1CCN(c2ccc3ccccc3c2)CC1. The Balaban J connectivity index is 1.64. The van der Waals surface area contributed by atoms with E-state index >= 15 is 0 Å². The van der Waals surface area contributed by atoms with Crippen LogP contribution in [0, 0.1) is 0 Å². The number of aliphatic carboxylic acids is 1. The Morgan fingerprint density at radius 2 is 1.71 bits per heavy atom. The van der Waals surface area contributed by atoms with Crippen molar-refractivity contribution in [2.75, 3.05) is 37.6 Å². The Kier molecular flexibility index (Phi) is 4.06. The van der Waals surface area contributed by atoms with Crippen molar-refractivity contribution in [3.05, 3.63) is 42.5 Å². The number of rotatable bonds is 4. The lowest BCUT2D eigenvalue weighted by atomic mass is 10.1. The normalized spacial score (nSPS) is 16.3. The van der Waals surface area contributed by atoms with Gasteiger partial charge in [-0.05, 0) is 22.9 Å². The van der Waals surface area contributed by atoms with Crippen LogP contribution in [0.25, 0.3) is 10.8 Å². The molecule has 0 atom stereocenters. The maximum absolute atomic E-state index is 10.6. The minimum absolute atomic E-state index is 0.232. The van der Waals surface area contributed by atoms with E-state index in [9.17, 15) is 4.79 Å². The number of carbonyl (C=O) groups is 1. The smallest absolute Gasteiger partial charge is 0.304 e. The van der Waals surface area contributed by atoms with Gasteiger partial charge in [0, 0.05) is 38.4 Å². The molecule has 1 fully saturated rings. The second-order valence-corrected chi connectivity index (χ2v) is 5.50. The molecule has 0 spiro atoms. The summed E-state index contributed by atoms with van der Waals surface area (Å²) in [6.07, 6.45) is 0.232. The molecule has 21 heavy (non-hydrogen) atoms. The Hall–Kier alpha value is -2.07. The summed E-state index contributed by atoms with van der Waals surface area (Å²) in [7, 11) is 0. The molecule has 4 nitrogen and oxygen atoms in total. The van der Waals surface area contributed by atoms with E-state index in [4.69, 9.17) is 5.11 Å². The molecule has 3 rings (SSSR count). The van der Waals surface area contributed by atoms with Crippen LogP contribution >= 0.6 is 0 Å². The number of hydrogen-bond donors (Lipinski definition) is 1. The molecule has 2 aromatic carbocycles. The number of piperazine rings is 1. The van der Waals surface area contributed by atoms with E-state index in [-0.39, 0.29) is 6.42 Å². The lowest BCUT2D eigenvalue weighted by Gasteiger charge is -2.36. The van der Waals surface area contributed by atoms with Crippen LogP contribution in [0.5, 0.6) is 0 Å². The maximum Gasteiger partial charge on any atom is 0.304 e. The van der Waals surface area contributed by atoms with E-state index in [1.54, 1.807) is 0 Å². The van der Waals surface area contributed by atoms with E-state index in [0.717, 1.165) is 26.2 Å². The number of nitrogens with zero attached hydrogens (tertiary/aromatic N) is 2. The topological polar surface area (TPSA) is 43.8 Å². The summed E-state index contributed by atoms with van der Waals surface area (Å²) in [5.41, 5.74) is 1.26.